The van der Waals surface area contributed by atoms with Gasteiger partial charge in [0.05, 0.1) is 6.61 Å². The van der Waals surface area contributed by atoms with E-state index in [1.54, 1.807) is 31.2 Å². The van der Waals surface area contributed by atoms with Crippen molar-refractivity contribution in [1.29, 1.82) is 0 Å². The quantitative estimate of drug-likeness (QED) is 0.895. The summed E-state index contributed by atoms with van der Waals surface area (Å²) in [6, 6.07) is 11.5. The van der Waals surface area contributed by atoms with Crippen LogP contribution in [0.4, 0.5) is 4.39 Å². The number of ether oxygens (including phenoxy) is 2. The summed E-state index contributed by atoms with van der Waals surface area (Å²) >= 11 is 0. The molecular weight excluding hydrogens is 257 g/mol. The molecule has 0 saturated carbocycles. The molecule has 2 rings (SSSR count). The third-order valence-electron chi connectivity index (χ3n) is 2.81. The van der Waals surface area contributed by atoms with E-state index in [0.29, 0.717) is 29.4 Å². The number of halogens is 1. The van der Waals surface area contributed by atoms with E-state index in [4.69, 9.17) is 15.2 Å². The number of hydrogen-bond donors (Lipinski definition) is 1. The van der Waals surface area contributed by atoms with Gasteiger partial charge >= 0.3 is 0 Å². The van der Waals surface area contributed by atoms with Crippen LogP contribution in [-0.4, -0.2) is 6.61 Å². The van der Waals surface area contributed by atoms with E-state index in [9.17, 15) is 4.39 Å². The molecule has 0 heterocycles. The van der Waals surface area contributed by atoms with Crippen LogP contribution in [0.5, 0.6) is 17.2 Å². The lowest BCUT2D eigenvalue weighted by molar-refractivity contribution is 0.338. The van der Waals surface area contributed by atoms with Crippen LogP contribution in [0, 0.1) is 5.82 Å². The molecule has 0 radical (unpaired) electrons. The zero-order valence-electron chi connectivity index (χ0n) is 11.6. The van der Waals surface area contributed by atoms with E-state index in [-0.39, 0.29) is 5.82 Å². The van der Waals surface area contributed by atoms with Crippen molar-refractivity contribution >= 4 is 0 Å². The molecule has 0 bridgehead atoms. The molecule has 0 aliphatic rings. The summed E-state index contributed by atoms with van der Waals surface area (Å²) in [6.45, 7) is 4.21. The van der Waals surface area contributed by atoms with Gasteiger partial charge in [-0.25, -0.2) is 4.39 Å². The van der Waals surface area contributed by atoms with Gasteiger partial charge in [-0.2, -0.15) is 0 Å². The van der Waals surface area contributed by atoms with Crippen molar-refractivity contribution in [3.63, 3.8) is 0 Å². The van der Waals surface area contributed by atoms with Gasteiger partial charge in [-0.3, -0.25) is 0 Å². The Balaban J connectivity index is 2.30. The van der Waals surface area contributed by atoms with Crippen LogP contribution >= 0.6 is 0 Å². The summed E-state index contributed by atoms with van der Waals surface area (Å²) in [4.78, 5) is 0. The van der Waals surface area contributed by atoms with Gasteiger partial charge < -0.3 is 15.2 Å². The number of rotatable bonds is 5. The molecule has 2 aromatic carbocycles. The minimum Gasteiger partial charge on any atom is -0.494 e. The van der Waals surface area contributed by atoms with Gasteiger partial charge in [0.2, 0.25) is 0 Å². The fourth-order valence-corrected chi connectivity index (χ4v) is 1.97. The second-order valence-electron chi connectivity index (χ2n) is 4.45. The third-order valence-corrected chi connectivity index (χ3v) is 2.81. The van der Waals surface area contributed by atoms with E-state index < -0.39 is 6.04 Å². The highest BCUT2D eigenvalue weighted by Gasteiger charge is 2.14. The van der Waals surface area contributed by atoms with Crippen molar-refractivity contribution in [2.45, 2.75) is 19.9 Å². The van der Waals surface area contributed by atoms with Gasteiger partial charge in [-0.1, -0.05) is 12.1 Å². The molecule has 1 unspecified atom stereocenters. The molecule has 0 aliphatic carbocycles. The van der Waals surface area contributed by atoms with Crippen molar-refractivity contribution < 1.29 is 13.9 Å². The van der Waals surface area contributed by atoms with Gasteiger partial charge in [0.25, 0.3) is 0 Å². The molecule has 106 valence electrons. The minimum absolute atomic E-state index is 0.363. The van der Waals surface area contributed by atoms with Crippen LogP contribution in [0.2, 0.25) is 0 Å². The summed E-state index contributed by atoms with van der Waals surface area (Å²) < 4.78 is 25.0. The molecule has 0 aromatic heterocycles. The monoisotopic (exact) mass is 275 g/mol. The van der Waals surface area contributed by atoms with Crippen molar-refractivity contribution in [3.05, 3.63) is 53.8 Å². The van der Waals surface area contributed by atoms with E-state index in [0.717, 1.165) is 0 Å². The molecular formula is C16H18FNO2. The Bertz CT molecular complexity index is 584. The molecule has 0 amide bonds. The molecule has 1 atom stereocenters. The van der Waals surface area contributed by atoms with Crippen LogP contribution in [-0.2, 0) is 0 Å². The zero-order valence-corrected chi connectivity index (χ0v) is 11.6. The van der Waals surface area contributed by atoms with Crippen molar-refractivity contribution in [3.8, 4) is 17.2 Å². The fourth-order valence-electron chi connectivity index (χ4n) is 1.97. The summed E-state index contributed by atoms with van der Waals surface area (Å²) in [5, 5.41) is 0. The maximum absolute atomic E-state index is 13.8. The lowest BCUT2D eigenvalue weighted by Gasteiger charge is -2.15. The van der Waals surface area contributed by atoms with Gasteiger partial charge in [0.15, 0.2) is 0 Å². The average Bonchev–Trinajstić information content (AvgIpc) is 2.39. The summed E-state index contributed by atoms with van der Waals surface area (Å²) in [7, 11) is 0. The first-order chi connectivity index (χ1) is 9.61. The molecule has 0 spiro atoms. The van der Waals surface area contributed by atoms with Gasteiger partial charge in [0.1, 0.15) is 23.1 Å². The Morgan fingerprint density at radius 3 is 2.55 bits per heavy atom. The van der Waals surface area contributed by atoms with Crippen LogP contribution in [0.3, 0.4) is 0 Å². The molecule has 3 nitrogen and oxygen atoms in total. The van der Waals surface area contributed by atoms with Crippen molar-refractivity contribution in [1.82, 2.24) is 0 Å². The molecule has 4 heteroatoms. The summed E-state index contributed by atoms with van der Waals surface area (Å²) in [5.74, 6) is 1.36. The van der Waals surface area contributed by atoms with Gasteiger partial charge in [-0.05, 0) is 38.1 Å². The lowest BCUT2D eigenvalue weighted by Crippen LogP contribution is -2.09. The molecule has 20 heavy (non-hydrogen) atoms. The SMILES string of the molecule is CCOc1cccc(Oc2cccc(F)c2C(C)N)c1. The van der Waals surface area contributed by atoms with Gasteiger partial charge in [-0.15, -0.1) is 0 Å². The Kier molecular flexibility index (Phi) is 4.58. The smallest absolute Gasteiger partial charge is 0.135 e. The predicted molar refractivity (Wildman–Crippen MR) is 76.7 cm³/mol. The Labute approximate surface area is 118 Å². The fraction of sp³-hybridized carbons (Fsp3) is 0.250. The number of benzene rings is 2. The second-order valence-corrected chi connectivity index (χ2v) is 4.45. The molecule has 0 aliphatic heterocycles. The van der Waals surface area contributed by atoms with Crippen molar-refractivity contribution in [2.75, 3.05) is 6.61 Å². The highest BCUT2D eigenvalue weighted by Crippen LogP contribution is 2.32. The maximum atomic E-state index is 13.8. The Hall–Kier alpha value is -2.07. The van der Waals surface area contributed by atoms with E-state index in [1.807, 2.05) is 19.1 Å². The standard InChI is InChI=1S/C16H18FNO2/c1-3-19-12-6-4-7-13(10-12)20-15-9-5-8-14(17)16(15)11(2)18/h4-11H,3,18H2,1-2H3. The zero-order chi connectivity index (χ0) is 14.5. The normalized spacial score (nSPS) is 12.0. The first kappa shape index (κ1) is 14.3. The van der Waals surface area contributed by atoms with Crippen LogP contribution < -0.4 is 15.2 Å². The largest absolute Gasteiger partial charge is 0.494 e. The summed E-state index contributed by atoms with van der Waals surface area (Å²) in [5.41, 5.74) is 6.17. The van der Waals surface area contributed by atoms with Crippen molar-refractivity contribution in [2.24, 2.45) is 5.73 Å². The number of hydrogen-bond acceptors (Lipinski definition) is 3. The predicted octanol–water partition coefficient (Wildman–Crippen LogP) is 4.04. The Morgan fingerprint density at radius 1 is 1.15 bits per heavy atom. The van der Waals surface area contributed by atoms with Gasteiger partial charge in [0, 0.05) is 17.7 Å². The molecule has 2 N–H and O–H groups in total. The van der Waals surface area contributed by atoms with Crippen LogP contribution in [0.1, 0.15) is 25.5 Å². The highest BCUT2D eigenvalue weighted by atomic mass is 19.1. The number of nitrogens with two attached hydrogens (primary N) is 1. The van der Waals surface area contributed by atoms with Crippen LogP contribution in [0.25, 0.3) is 0 Å². The first-order valence-corrected chi connectivity index (χ1v) is 6.56. The van der Waals surface area contributed by atoms with E-state index in [1.165, 1.54) is 6.07 Å². The molecule has 0 saturated heterocycles. The first-order valence-electron chi connectivity index (χ1n) is 6.56. The topological polar surface area (TPSA) is 44.5 Å². The Morgan fingerprint density at radius 2 is 1.85 bits per heavy atom. The van der Waals surface area contributed by atoms with Crippen LogP contribution in [0.15, 0.2) is 42.5 Å². The molecule has 2 aromatic rings. The second kappa shape index (κ2) is 6.39. The minimum atomic E-state index is -0.443. The average molecular weight is 275 g/mol. The lowest BCUT2D eigenvalue weighted by atomic mass is 10.1. The van der Waals surface area contributed by atoms with E-state index >= 15 is 0 Å². The van der Waals surface area contributed by atoms with E-state index in [2.05, 4.69) is 0 Å². The highest BCUT2D eigenvalue weighted by molar-refractivity contribution is 5.42. The third kappa shape index (κ3) is 3.27. The summed E-state index contributed by atoms with van der Waals surface area (Å²) in [6.07, 6.45) is 0. The maximum Gasteiger partial charge on any atom is 0.135 e. The molecule has 0 fully saturated rings.